The van der Waals surface area contributed by atoms with Crippen LogP contribution in [0.3, 0.4) is 0 Å². The first-order valence-corrected chi connectivity index (χ1v) is 12.7. The zero-order valence-corrected chi connectivity index (χ0v) is 20.2. The van der Waals surface area contributed by atoms with Gasteiger partial charge in [-0.25, -0.2) is 8.78 Å². The van der Waals surface area contributed by atoms with Crippen LogP contribution < -0.4 is 0 Å². The maximum atomic E-state index is 15.4. The second kappa shape index (κ2) is 10.8. The van der Waals surface area contributed by atoms with Gasteiger partial charge in [0.15, 0.2) is 12.1 Å². The van der Waals surface area contributed by atoms with Gasteiger partial charge >= 0.3 is 0 Å². The fourth-order valence-corrected chi connectivity index (χ4v) is 5.32. The van der Waals surface area contributed by atoms with Crippen molar-refractivity contribution in [1.29, 1.82) is 0 Å². The third-order valence-electron chi connectivity index (χ3n) is 7.59. The first-order chi connectivity index (χ1) is 16.0. The van der Waals surface area contributed by atoms with Gasteiger partial charge in [-0.1, -0.05) is 57.0 Å². The molecule has 2 saturated heterocycles. The molecule has 2 aliphatic heterocycles. The molecule has 0 N–H and O–H groups in total. The van der Waals surface area contributed by atoms with E-state index in [0.717, 1.165) is 50.7 Å². The molecular weight excluding hydrogens is 422 g/mol. The molecule has 4 rings (SSSR count). The van der Waals surface area contributed by atoms with Gasteiger partial charge in [0, 0.05) is 11.8 Å². The number of rotatable bonds is 7. The molecule has 0 radical (unpaired) electrons. The highest BCUT2D eigenvalue weighted by molar-refractivity contribution is 5.45. The summed E-state index contributed by atoms with van der Waals surface area (Å²) in [7, 11) is 0. The summed E-state index contributed by atoms with van der Waals surface area (Å²) in [5.74, 6) is -1.33. The summed E-state index contributed by atoms with van der Waals surface area (Å²) < 4.78 is 48.1. The Bertz CT molecular complexity index is 846. The Morgan fingerprint density at radius 3 is 2.15 bits per heavy atom. The van der Waals surface area contributed by atoms with Crippen molar-refractivity contribution in [3.05, 3.63) is 58.7 Å². The van der Waals surface area contributed by atoms with E-state index >= 15 is 8.78 Å². The molecule has 182 valence electrons. The quantitative estimate of drug-likeness (QED) is 0.428. The second-order valence-electron chi connectivity index (χ2n) is 10.0. The van der Waals surface area contributed by atoms with Crippen LogP contribution in [0, 0.1) is 5.92 Å². The fourth-order valence-electron chi connectivity index (χ4n) is 5.32. The Balaban J connectivity index is 1.42. The van der Waals surface area contributed by atoms with Crippen LogP contribution >= 0.6 is 0 Å². The van der Waals surface area contributed by atoms with Crippen LogP contribution in [0.15, 0.2) is 47.6 Å². The summed E-state index contributed by atoms with van der Waals surface area (Å²) in [4.78, 5) is 0. The standard InChI is InChI=1S/C28H38F2O3/c1-4-6-23-13-10-20(16-31-23)19-8-11-22(12-9-19)28(3)15-14-24(26(29)27(28)30)21-17-32-25(7-5-2)33-18-21/h8-9,11-12,14,20-21,23,25H,4-7,10,13,15-18H2,1-3H3. The smallest absolute Gasteiger partial charge is 0.158 e. The third-order valence-corrected chi connectivity index (χ3v) is 7.59. The van der Waals surface area contributed by atoms with Gasteiger partial charge in [0.25, 0.3) is 0 Å². The molecule has 2 fully saturated rings. The van der Waals surface area contributed by atoms with Gasteiger partial charge in [-0.05, 0) is 55.7 Å². The minimum Gasteiger partial charge on any atom is -0.378 e. The normalized spacial score (nSPS) is 33.2. The number of halogens is 2. The Kier molecular flexibility index (Phi) is 8.03. The van der Waals surface area contributed by atoms with Gasteiger partial charge in [0.1, 0.15) is 5.83 Å². The van der Waals surface area contributed by atoms with Crippen LogP contribution in [0.2, 0.25) is 0 Å². The molecule has 0 saturated carbocycles. The van der Waals surface area contributed by atoms with Crippen molar-refractivity contribution in [1.82, 2.24) is 0 Å². The van der Waals surface area contributed by atoms with E-state index in [9.17, 15) is 0 Å². The molecule has 33 heavy (non-hydrogen) atoms. The molecule has 0 amide bonds. The molecule has 1 aliphatic carbocycles. The number of ether oxygens (including phenoxy) is 3. The maximum absolute atomic E-state index is 15.4. The van der Waals surface area contributed by atoms with E-state index in [1.165, 1.54) is 5.56 Å². The molecule has 0 aromatic heterocycles. The molecule has 1 aromatic carbocycles. The fraction of sp³-hybridized carbons (Fsp3) is 0.643. The van der Waals surface area contributed by atoms with Crippen LogP contribution in [0.1, 0.15) is 82.8 Å². The highest BCUT2D eigenvalue weighted by Crippen LogP contribution is 2.46. The van der Waals surface area contributed by atoms with E-state index in [1.807, 2.05) is 18.2 Å². The minimum atomic E-state index is -0.997. The number of hydrogen-bond acceptors (Lipinski definition) is 3. The topological polar surface area (TPSA) is 27.7 Å². The second-order valence-corrected chi connectivity index (χ2v) is 10.0. The lowest BCUT2D eigenvalue weighted by Crippen LogP contribution is -2.35. The van der Waals surface area contributed by atoms with E-state index in [1.54, 1.807) is 6.92 Å². The summed E-state index contributed by atoms with van der Waals surface area (Å²) in [5.41, 5.74) is 1.40. The summed E-state index contributed by atoms with van der Waals surface area (Å²) in [6.07, 6.45) is 8.65. The predicted octanol–water partition coefficient (Wildman–Crippen LogP) is 7.28. The molecule has 3 unspecified atom stereocenters. The van der Waals surface area contributed by atoms with Crippen LogP contribution in [0.4, 0.5) is 8.78 Å². The van der Waals surface area contributed by atoms with Crippen molar-refractivity contribution in [3.63, 3.8) is 0 Å². The predicted molar refractivity (Wildman–Crippen MR) is 126 cm³/mol. The first kappa shape index (κ1) is 24.6. The minimum absolute atomic E-state index is 0.233. The zero-order valence-electron chi connectivity index (χ0n) is 20.2. The van der Waals surface area contributed by atoms with Crippen LogP contribution in [-0.4, -0.2) is 32.2 Å². The molecule has 3 atom stereocenters. The molecule has 1 aromatic rings. The van der Waals surface area contributed by atoms with Gasteiger partial charge in [-0.15, -0.1) is 0 Å². The van der Waals surface area contributed by atoms with Gasteiger partial charge in [-0.3, -0.25) is 0 Å². The van der Waals surface area contributed by atoms with Crippen molar-refractivity contribution < 1.29 is 23.0 Å². The van der Waals surface area contributed by atoms with Crippen LogP contribution in [0.5, 0.6) is 0 Å². The molecule has 0 spiro atoms. The Morgan fingerprint density at radius 1 is 0.879 bits per heavy atom. The molecule has 3 aliphatic rings. The summed E-state index contributed by atoms with van der Waals surface area (Å²) in [5, 5.41) is 0. The number of allylic oxidation sites excluding steroid dienone is 3. The third kappa shape index (κ3) is 5.26. The molecule has 5 heteroatoms. The Labute approximate surface area is 197 Å². The highest BCUT2D eigenvalue weighted by atomic mass is 19.2. The van der Waals surface area contributed by atoms with E-state index in [-0.39, 0.29) is 12.2 Å². The molecule has 3 nitrogen and oxygen atoms in total. The summed E-state index contributed by atoms with van der Waals surface area (Å²) in [6, 6.07) is 8.05. The van der Waals surface area contributed by atoms with E-state index < -0.39 is 17.1 Å². The van der Waals surface area contributed by atoms with Crippen LogP contribution in [0.25, 0.3) is 0 Å². The molecule has 0 bridgehead atoms. The molecular formula is C28H38F2O3. The van der Waals surface area contributed by atoms with Crippen molar-refractivity contribution >= 4 is 0 Å². The van der Waals surface area contributed by atoms with Gasteiger partial charge < -0.3 is 14.2 Å². The van der Waals surface area contributed by atoms with Gasteiger partial charge in [0.05, 0.1) is 31.3 Å². The van der Waals surface area contributed by atoms with E-state index in [2.05, 4.69) is 26.0 Å². The van der Waals surface area contributed by atoms with E-state index in [0.29, 0.717) is 37.2 Å². The van der Waals surface area contributed by atoms with Crippen molar-refractivity contribution in [2.24, 2.45) is 5.92 Å². The summed E-state index contributed by atoms with van der Waals surface area (Å²) in [6.45, 7) is 7.51. The first-order valence-electron chi connectivity index (χ1n) is 12.7. The lowest BCUT2D eigenvalue weighted by molar-refractivity contribution is -0.197. The number of hydrogen-bond donors (Lipinski definition) is 0. The van der Waals surface area contributed by atoms with Crippen LogP contribution in [-0.2, 0) is 19.6 Å². The largest absolute Gasteiger partial charge is 0.378 e. The van der Waals surface area contributed by atoms with Gasteiger partial charge in [-0.2, -0.15) is 0 Å². The summed E-state index contributed by atoms with van der Waals surface area (Å²) >= 11 is 0. The lowest BCUT2D eigenvalue weighted by Gasteiger charge is -2.36. The lowest BCUT2D eigenvalue weighted by atomic mass is 9.73. The van der Waals surface area contributed by atoms with Crippen molar-refractivity contribution in [2.45, 2.75) is 89.4 Å². The highest BCUT2D eigenvalue weighted by Gasteiger charge is 2.40. The van der Waals surface area contributed by atoms with Crippen molar-refractivity contribution in [3.8, 4) is 0 Å². The maximum Gasteiger partial charge on any atom is 0.158 e. The van der Waals surface area contributed by atoms with Gasteiger partial charge in [0.2, 0.25) is 0 Å². The number of benzene rings is 1. The Hall–Kier alpha value is -1.56. The Morgan fingerprint density at radius 2 is 1.55 bits per heavy atom. The monoisotopic (exact) mass is 460 g/mol. The van der Waals surface area contributed by atoms with E-state index in [4.69, 9.17) is 14.2 Å². The zero-order chi connectivity index (χ0) is 23.4. The average molecular weight is 461 g/mol. The van der Waals surface area contributed by atoms with Crippen molar-refractivity contribution in [2.75, 3.05) is 19.8 Å². The average Bonchev–Trinajstić information content (AvgIpc) is 2.84. The SMILES string of the molecule is CCCC1CCC(c2ccc(C3(C)CC=C(C4COC(CCC)OC4)C(F)=C3F)cc2)CO1. The molecule has 2 heterocycles.